The molecule has 18 heavy (non-hydrogen) atoms. The second kappa shape index (κ2) is 4.29. The number of amides is 3. The third-order valence-corrected chi connectivity index (χ3v) is 2.73. The number of hydrogen-bond acceptors (Lipinski definition) is 3. The molecular formula is C12H13FN2O3. The molecule has 1 unspecified atom stereocenters. The van der Waals surface area contributed by atoms with Crippen LogP contribution in [0, 0.1) is 0 Å². The van der Waals surface area contributed by atoms with Crippen LogP contribution in [0.2, 0.25) is 0 Å². The van der Waals surface area contributed by atoms with Gasteiger partial charge < -0.3 is 4.74 Å². The van der Waals surface area contributed by atoms with E-state index in [2.05, 4.69) is 0 Å². The molecule has 1 atom stereocenters. The predicted octanol–water partition coefficient (Wildman–Crippen LogP) is 1.43. The SMILES string of the molecule is COc1ccc(CN2C(=O)NC(C)(F)C2=O)cc1. The van der Waals surface area contributed by atoms with Crippen LogP contribution in [0.3, 0.4) is 0 Å². The number of nitrogens with one attached hydrogen (secondary N) is 1. The fourth-order valence-corrected chi connectivity index (χ4v) is 1.72. The summed E-state index contributed by atoms with van der Waals surface area (Å²) in [4.78, 5) is 23.9. The third kappa shape index (κ3) is 2.13. The Balaban J connectivity index is 2.14. The molecule has 0 bridgehead atoms. The van der Waals surface area contributed by atoms with Gasteiger partial charge in [0.2, 0.25) is 0 Å². The van der Waals surface area contributed by atoms with Crippen LogP contribution in [0.1, 0.15) is 12.5 Å². The number of alkyl halides is 1. The molecule has 0 aliphatic carbocycles. The van der Waals surface area contributed by atoms with Crippen molar-refractivity contribution >= 4 is 11.9 Å². The van der Waals surface area contributed by atoms with E-state index in [1.54, 1.807) is 31.4 Å². The summed E-state index contributed by atoms with van der Waals surface area (Å²) >= 11 is 0. The number of imide groups is 1. The molecule has 3 amide bonds. The summed E-state index contributed by atoms with van der Waals surface area (Å²) in [6, 6.07) is 6.13. The standard InChI is InChI=1S/C12H13FN2O3/c1-12(13)10(16)15(11(17)14-12)7-8-3-5-9(18-2)6-4-8/h3-6H,7H2,1-2H3,(H,14,17). The van der Waals surface area contributed by atoms with E-state index in [4.69, 9.17) is 4.74 Å². The average Bonchev–Trinajstić information content (AvgIpc) is 2.52. The molecule has 1 aliphatic heterocycles. The summed E-state index contributed by atoms with van der Waals surface area (Å²) < 4.78 is 18.6. The van der Waals surface area contributed by atoms with E-state index in [9.17, 15) is 14.0 Å². The van der Waals surface area contributed by atoms with E-state index < -0.39 is 17.7 Å². The summed E-state index contributed by atoms with van der Waals surface area (Å²) in [5.74, 6) is -2.52. The number of methoxy groups -OCH3 is 1. The molecule has 1 fully saturated rings. The summed E-state index contributed by atoms with van der Waals surface area (Å²) in [6.07, 6.45) is 0. The second-order valence-corrected chi connectivity index (χ2v) is 4.17. The molecule has 1 saturated heterocycles. The lowest BCUT2D eigenvalue weighted by Gasteiger charge is -2.13. The first-order valence-corrected chi connectivity index (χ1v) is 5.40. The Bertz CT molecular complexity index is 485. The van der Waals surface area contributed by atoms with Gasteiger partial charge in [0.1, 0.15) is 5.75 Å². The molecule has 0 radical (unpaired) electrons. The zero-order valence-electron chi connectivity index (χ0n) is 10.1. The maximum Gasteiger partial charge on any atom is 0.327 e. The molecule has 1 aliphatic rings. The molecule has 6 heteroatoms. The summed E-state index contributed by atoms with van der Waals surface area (Å²) in [7, 11) is 1.54. The largest absolute Gasteiger partial charge is 0.497 e. The van der Waals surface area contributed by atoms with Gasteiger partial charge >= 0.3 is 6.03 Å². The molecule has 5 nitrogen and oxygen atoms in total. The molecule has 0 aromatic heterocycles. The van der Waals surface area contributed by atoms with Crippen molar-refractivity contribution in [3.05, 3.63) is 29.8 Å². The van der Waals surface area contributed by atoms with Crippen molar-refractivity contribution in [2.24, 2.45) is 0 Å². The molecular weight excluding hydrogens is 239 g/mol. The zero-order chi connectivity index (χ0) is 13.3. The number of carbonyl (C=O) groups is 2. The van der Waals surface area contributed by atoms with Gasteiger partial charge in [0.25, 0.3) is 11.7 Å². The topological polar surface area (TPSA) is 58.6 Å². The lowest BCUT2D eigenvalue weighted by molar-refractivity contribution is -0.136. The van der Waals surface area contributed by atoms with Crippen LogP contribution in [0.25, 0.3) is 0 Å². The fraction of sp³-hybridized carbons (Fsp3) is 0.333. The van der Waals surface area contributed by atoms with Gasteiger partial charge in [-0.3, -0.25) is 15.0 Å². The number of benzene rings is 1. The lowest BCUT2D eigenvalue weighted by Crippen LogP contribution is -2.38. The van der Waals surface area contributed by atoms with Crippen molar-refractivity contribution in [3.63, 3.8) is 0 Å². The average molecular weight is 252 g/mol. The molecule has 96 valence electrons. The Kier molecular flexibility index (Phi) is 2.94. The Morgan fingerprint density at radius 1 is 1.33 bits per heavy atom. The lowest BCUT2D eigenvalue weighted by atomic mass is 10.2. The van der Waals surface area contributed by atoms with Gasteiger partial charge in [-0.05, 0) is 24.6 Å². The minimum absolute atomic E-state index is 0.0359. The van der Waals surface area contributed by atoms with Crippen LogP contribution in [-0.4, -0.2) is 29.7 Å². The van der Waals surface area contributed by atoms with E-state index in [1.165, 1.54) is 0 Å². The number of nitrogens with zero attached hydrogens (tertiary/aromatic N) is 1. The van der Waals surface area contributed by atoms with E-state index >= 15 is 0 Å². The molecule has 1 N–H and O–H groups in total. The van der Waals surface area contributed by atoms with Crippen LogP contribution < -0.4 is 10.1 Å². The minimum atomic E-state index is -2.32. The highest BCUT2D eigenvalue weighted by Gasteiger charge is 2.48. The number of urea groups is 1. The predicted molar refractivity (Wildman–Crippen MR) is 61.6 cm³/mol. The Labute approximate surface area is 104 Å². The van der Waals surface area contributed by atoms with Crippen molar-refractivity contribution in [1.29, 1.82) is 0 Å². The first kappa shape index (κ1) is 12.3. The van der Waals surface area contributed by atoms with E-state index in [1.807, 2.05) is 5.32 Å². The maximum atomic E-state index is 13.6. The van der Waals surface area contributed by atoms with Crippen LogP contribution in [-0.2, 0) is 11.3 Å². The van der Waals surface area contributed by atoms with Gasteiger partial charge in [0.05, 0.1) is 13.7 Å². The molecule has 0 spiro atoms. The third-order valence-electron chi connectivity index (χ3n) is 2.73. The van der Waals surface area contributed by atoms with E-state index in [0.29, 0.717) is 5.75 Å². The Hall–Kier alpha value is -2.11. The van der Waals surface area contributed by atoms with Crippen LogP contribution in [0.4, 0.5) is 9.18 Å². The number of ether oxygens (including phenoxy) is 1. The number of hydrogen-bond donors (Lipinski definition) is 1. The van der Waals surface area contributed by atoms with Gasteiger partial charge in [-0.15, -0.1) is 0 Å². The normalized spacial score (nSPS) is 23.2. The first-order chi connectivity index (χ1) is 8.44. The highest BCUT2D eigenvalue weighted by Crippen LogP contribution is 2.21. The Morgan fingerprint density at radius 3 is 2.39 bits per heavy atom. The van der Waals surface area contributed by atoms with Gasteiger partial charge in [0, 0.05) is 0 Å². The zero-order valence-corrected chi connectivity index (χ0v) is 10.1. The Morgan fingerprint density at radius 2 is 1.94 bits per heavy atom. The summed E-state index contributed by atoms with van der Waals surface area (Å²) in [5, 5.41) is 1.98. The van der Waals surface area contributed by atoms with Crippen molar-refractivity contribution in [1.82, 2.24) is 10.2 Å². The molecule has 2 rings (SSSR count). The van der Waals surface area contributed by atoms with Gasteiger partial charge in [-0.25, -0.2) is 9.18 Å². The number of rotatable bonds is 3. The summed E-state index contributed by atoms with van der Waals surface area (Å²) in [5.41, 5.74) is 0.719. The highest BCUT2D eigenvalue weighted by atomic mass is 19.1. The minimum Gasteiger partial charge on any atom is -0.497 e. The first-order valence-electron chi connectivity index (χ1n) is 5.40. The number of carbonyl (C=O) groups excluding carboxylic acids is 2. The van der Waals surface area contributed by atoms with Crippen LogP contribution in [0.5, 0.6) is 5.75 Å². The smallest absolute Gasteiger partial charge is 0.327 e. The molecule has 0 saturated carbocycles. The molecule has 1 heterocycles. The van der Waals surface area contributed by atoms with Gasteiger partial charge in [0.15, 0.2) is 0 Å². The fourth-order valence-electron chi connectivity index (χ4n) is 1.72. The molecule has 1 aromatic carbocycles. The van der Waals surface area contributed by atoms with Crippen LogP contribution >= 0.6 is 0 Å². The van der Waals surface area contributed by atoms with Crippen molar-refractivity contribution in [2.75, 3.05) is 7.11 Å². The van der Waals surface area contributed by atoms with Crippen molar-refractivity contribution in [2.45, 2.75) is 19.3 Å². The van der Waals surface area contributed by atoms with E-state index in [-0.39, 0.29) is 6.54 Å². The van der Waals surface area contributed by atoms with E-state index in [0.717, 1.165) is 17.4 Å². The quantitative estimate of drug-likeness (QED) is 0.654. The second-order valence-electron chi connectivity index (χ2n) is 4.17. The monoisotopic (exact) mass is 252 g/mol. The highest BCUT2D eigenvalue weighted by molar-refractivity contribution is 6.05. The molecule has 1 aromatic rings. The number of halogens is 1. The van der Waals surface area contributed by atoms with Crippen molar-refractivity contribution in [3.8, 4) is 5.75 Å². The van der Waals surface area contributed by atoms with Gasteiger partial charge in [-0.1, -0.05) is 12.1 Å². The maximum absolute atomic E-state index is 13.6. The summed E-state index contributed by atoms with van der Waals surface area (Å²) in [6.45, 7) is 1.06. The van der Waals surface area contributed by atoms with Crippen molar-refractivity contribution < 1.29 is 18.7 Å². The van der Waals surface area contributed by atoms with Gasteiger partial charge in [-0.2, -0.15) is 0 Å². The van der Waals surface area contributed by atoms with Crippen LogP contribution in [0.15, 0.2) is 24.3 Å².